The highest BCUT2D eigenvalue weighted by Crippen LogP contribution is 2.46. The first-order chi connectivity index (χ1) is 14.0. The van der Waals surface area contributed by atoms with Crippen molar-refractivity contribution in [3.8, 4) is 0 Å². The molecule has 4 rings (SSSR count). The van der Waals surface area contributed by atoms with Crippen LogP contribution in [-0.4, -0.2) is 18.9 Å². The fourth-order valence-electron chi connectivity index (χ4n) is 4.16. The van der Waals surface area contributed by atoms with Crippen molar-refractivity contribution in [2.24, 2.45) is 5.73 Å². The minimum atomic E-state index is -0.594. The predicted octanol–water partition coefficient (Wildman–Crippen LogP) is 3.78. The molecule has 1 heterocycles. The maximum Gasteiger partial charge on any atom is 0.338 e. The van der Waals surface area contributed by atoms with Crippen molar-refractivity contribution in [3.05, 3.63) is 88.6 Å². The number of hydrogen-bond donors (Lipinski definition) is 1. The van der Waals surface area contributed by atoms with Crippen molar-refractivity contribution in [3.63, 3.8) is 0 Å². The maximum atomic E-state index is 13.5. The molecular formula is C23H21FN2O3. The molecule has 0 saturated heterocycles. The molecule has 1 unspecified atom stereocenters. The number of carbonyl (C=O) groups excluding carboxylic acids is 2. The van der Waals surface area contributed by atoms with Crippen molar-refractivity contribution in [1.82, 2.24) is 0 Å². The van der Waals surface area contributed by atoms with Gasteiger partial charge in [-0.2, -0.15) is 0 Å². The van der Waals surface area contributed by atoms with Crippen LogP contribution < -0.4 is 10.6 Å². The van der Waals surface area contributed by atoms with Gasteiger partial charge < -0.3 is 10.5 Å². The SMILES string of the molecule is COC(=O)C1=C(N)N(c2ccc(F)cc2)C2=C(C(=O)CCC2)C1c1ccccc1. The largest absolute Gasteiger partial charge is 0.466 e. The Bertz CT molecular complexity index is 1030. The van der Waals surface area contributed by atoms with Crippen LogP contribution >= 0.6 is 0 Å². The standard InChI is InChI=1S/C23H21FN2O3/c1-29-23(28)21-19(14-6-3-2-4-7-14)20-17(8-5-9-18(20)27)26(22(21)25)16-12-10-15(24)11-13-16/h2-4,6-7,10-13,19H,5,8-9,25H2,1H3. The van der Waals surface area contributed by atoms with Crippen LogP contribution in [0.2, 0.25) is 0 Å². The summed E-state index contributed by atoms with van der Waals surface area (Å²) >= 11 is 0. The molecule has 5 nitrogen and oxygen atoms in total. The van der Waals surface area contributed by atoms with Gasteiger partial charge in [0.25, 0.3) is 0 Å². The second-order valence-corrected chi connectivity index (χ2v) is 7.08. The molecule has 2 N–H and O–H groups in total. The number of ketones is 1. The molecule has 0 saturated carbocycles. The minimum Gasteiger partial charge on any atom is -0.466 e. The summed E-state index contributed by atoms with van der Waals surface area (Å²) in [5.74, 6) is -1.37. The van der Waals surface area contributed by atoms with Gasteiger partial charge in [-0.25, -0.2) is 9.18 Å². The Labute approximate surface area is 168 Å². The molecule has 0 radical (unpaired) electrons. The summed E-state index contributed by atoms with van der Waals surface area (Å²) in [6.45, 7) is 0. The van der Waals surface area contributed by atoms with Crippen LogP contribution in [-0.2, 0) is 14.3 Å². The number of hydrogen-bond acceptors (Lipinski definition) is 5. The zero-order valence-electron chi connectivity index (χ0n) is 16.0. The van der Waals surface area contributed by atoms with E-state index in [0.717, 1.165) is 11.3 Å². The highest BCUT2D eigenvalue weighted by Gasteiger charge is 2.42. The molecule has 0 spiro atoms. The normalized spacial score (nSPS) is 19.3. The minimum absolute atomic E-state index is 0.0129. The fraction of sp³-hybridized carbons (Fsp3) is 0.217. The van der Waals surface area contributed by atoms with Crippen molar-refractivity contribution >= 4 is 17.4 Å². The summed E-state index contributed by atoms with van der Waals surface area (Å²) in [6, 6.07) is 15.2. The van der Waals surface area contributed by atoms with Crippen molar-refractivity contribution in [2.75, 3.05) is 12.0 Å². The van der Waals surface area contributed by atoms with Gasteiger partial charge >= 0.3 is 5.97 Å². The number of anilines is 1. The number of halogens is 1. The lowest BCUT2D eigenvalue weighted by Gasteiger charge is -2.40. The Morgan fingerprint density at radius 2 is 1.79 bits per heavy atom. The van der Waals surface area contributed by atoms with Gasteiger partial charge in [0.2, 0.25) is 0 Å². The first kappa shape index (κ1) is 18.9. The number of carbonyl (C=O) groups is 2. The third-order valence-electron chi connectivity index (χ3n) is 5.42. The second-order valence-electron chi connectivity index (χ2n) is 7.08. The summed E-state index contributed by atoms with van der Waals surface area (Å²) in [5, 5.41) is 0. The Morgan fingerprint density at radius 1 is 1.10 bits per heavy atom. The van der Waals surface area contributed by atoms with E-state index < -0.39 is 11.9 Å². The van der Waals surface area contributed by atoms with Crippen LogP contribution in [0, 0.1) is 5.82 Å². The van der Waals surface area contributed by atoms with Gasteiger partial charge in [-0.15, -0.1) is 0 Å². The lowest BCUT2D eigenvalue weighted by atomic mass is 9.75. The maximum absolute atomic E-state index is 13.5. The third kappa shape index (κ3) is 3.20. The summed E-state index contributed by atoms with van der Waals surface area (Å²) in [5.41, 5.74) is 9.45. The van der Waals surface area contributed by atoms with Crippen molar-refractivity contribution in [2.45, 2.75) is 25.2 Å². The number of nitrogens with two attached hydrogens (primary N) is 1. The molecule has 0 fully saturated rings. The number of methoxy groups -OCH3 is 1. The third-order valence-corrected chi connectivity index (χ3v) is 5.42. The molecule has 0 aromatic heterocycles. The van der Waals surface area contributed by atoms with Crippen LogP contribution in [0.5, 0.6) is 0 Å². The Morgan fingerprint density at radius 3 is 2.45 bits per heavy atom. The Balaban J connectivity index is 1.99. The number of ether oxygens (including phenoxy) is 1. The highest BCUT2D eigenvalue weighted by molar-refractivity contribution is 6.05. The molecule has 148 valence electrons. The first-order valence-electron chi connectivity index (χ1n) is 9.47. The van der Waals surface area contributed by atoms with Crippen molar-refractivity contribution < 1.29 is 18.7 Å². The average molecular weight is 392 g/mol. The van der Waals surface area contributed by atoms with Gasteiger partial charge in [0.05, 0.1) is 18.6 Å². The van der Waals surface area contributed by atoms with Gasteiger partial charge in [-0.1, -0.05) is 30.3 Å². The lowest BCUT2D eigenvalue weighted by molar-refractivity contribution is -0.136. The van der Waals surface area contributed by atoms with Gasteiger partial charge in [0, 0.05) is 23.4 Å². The van der Waals surface area contributed by atoms with E-state index in [1.54, 1.807) is 17.0 Å². The van der Waals surface area contributed by atoms with Gasteiger partial charge in [0.1, 0.15) is 11.6 Å². The quantitative estimate of drug-likeness (QED) is 0.805. The van der Waals surface area contributed by atoms with E-state index in [4.69, 9.17) is 10.5 Å². The van der Waals surface area contributed by atoms with E-state index >= 15 is 0 Å². The molecule has 6 heteroatoms. The monoisotopic (exact) mass is 392 g/mol. The number of Topliss-reactive ketones (excluding diaryl/α,β-unsaturated/α-hetero) is 1. The van der Waals surface area contributed by atoms with E-state index in [-0.39, 0.29) is 23.0 Å². The summed E-state index contributed by atoms with van der Waals surface area (Å²) < 4.78 is 18.5. The molecule has 1 atom stereocenters. The Kier molecular flexibility index (Phi) is 4.92. The number of allylic oxidation sites excluding steroid dienone is 2. The molecule has 2 aliphatic rings. The van der Waals surface area contributed by atoms with Gasteiger partial charge in [0.15, 0.2) is 5.78 Å². The molecule has 29 heavy (non-hydrogen) atoms. The van der Waals surface area contributed by atoms with Crippen LogP contribution in [0.3, 0.4) is 0 Å². The Hall–Kier alpha value is -3.41. The van der Waals surface area contributed by atoms with Crippen LogP contribution in [0.25, 0.3) is 0 Å². The van der Waals surface area contributed by atoms with E-state index in [0.29, 0.717) is 30.5 Å². The zero-order valence-corrected chi connectivity index (χ0v) is 16.0. The number of rotatable bonds is 3. The molecular weight excluding hydrogens is 371 g/mol. The molecule has 2 aromatic carbocycles. The zero-order chi connectivity index (χ0) is 20.5. The smallest absolute Gasteiger partial charge is 0.338 e. The first-order valence-corrected chi connectivity index (χ1v) is 9.47. The van der Waals surface area contributed by atoms with Crippen molar-refractivity contribution in [1.29, 1.82) is 0 Å². The summed E-state index contributed by atoms with van der Waals surface area (Å²) in [7, 11) is 1.29. The molecule has 0 amide bonds. The number of esters is 1. The van der Waals surface area contributed by atoms with Gasteiger partial charge in [-0.3, -0.25) is 9.69 Å². The predicted molar refractivity (Wildman–Crippen MR) is 107 cm³/mol. The van der Waals surface area contributed by atoms with E-state index in [2.05, 4.69) is 0 Å². The number of nitrogens with zero attached hydrogens (tertiary/aromatic N) is 1. The molecule has 2 aromatic rings. The lowest BCUT2D eigenvalue weighted by Crippen LogP contribution is -2.40. The molecule has 1 aliphatic heterocycles. The topological polar surface area (TPSA) is 72.6 Å². The summed E-state index contributed by atoms with van der Waals surface area (Å²) in [4.78, 5) is 27.5. The van der Waals surface area contributed by atoms with Gasteiger partial charge in [-0.05, 0) is 42.7 Å². The van der Waals surface area contributed by atoms with E-state index in [9.17, 15) is 14.0 Å². The fourth-order valence-corrected chi connectivity index (χ4v) is 4.16. The average Bonchev–Trinajstić information content (AvgIpc) is 2.74. The molecule has 1 aliphatic carbocycles. The molecule has 0 bridgehead atoms. The number of benzene rings is 2. The van der Waals surface area contributed by atoms with Crippen LogP contribution in [0.1, 0.15) is 30.7 Å². The second kappa shape index (κ2) is 7.54. The van der Waals surface area contributed by atoms with E-state index in [1.807, 2.05) is 30.3 Å². The van der Waals surface area contributed by atoms with Crippen LogP contribution in [0.4, 0.5) is 10.1 Å². The van der Waals surface area contributed by atoms with Crippen LogP contribution in [0.15, 0.2) is 77.3 Å². The summed E-state index contributed by atoms with van der Waals surface area (Å²) in [6.07, 6.45) is 1.74. The highest BCUT2D eigenvalue weighted by atomic mass is 19.1. The van der Waals surface area contributed by atoms with E-state index in [1.165, 1.54) is 19.2 Å².